The summed E-state index contributed by atoms with van der Waals surface area (Å²) in [5, 5.41) is 3.07. The number of hydrogen-bond donors (Lipinski definition) is 1. The number of amides is 1. The molecule has 1 aromatic carbocycles. The number of anilines is 2. The first kappa shape index (κ1) is 10.6. The van der Waals surface area contributed by atoms with E-state index in [-0.39, 0.29) is 11.4 Å². The normalized spacial score (nSPS) is 21.5. The molecule has 0 unspecified atom stereocenters. The van der Waals surface area contributed by atoms with Gasteiger partial charge in [0, 0.05) is 7.05 Å². The largest absolute Gasteiger partial charge is 0.358 e. The fourth-order valence-corrected chi connectivity index (χ4v) is 3.17. The van der Waals surface area contributed by atoms with Crippen LogP contribution in [0.25, 0.3) is 0 Å². The predicted octanol–water partition coefficient (Wildman–Crippen LogP) is 2.70. The maximum absolute atomic E-state index is 12.3. The first-order valence-electron chi connectivity index (χ1n) is 6.29. The molecule has 1 heterocycles. The Morgan fingerprint density at radius 1 is 1.29 bits per heavy atom. The molecule has 1 spiro atoms. The number of nitrogens with one attached hydrogen (secondary N) is 1. The topological polar surface area (TPSA) is 32.3 Å². The molecule has 0 radical (unpaired) electrons. The average Bonchev–Trinajstić information content (AvgIpc) is 2.79. The molecule has 0 aromatic heterocycles. The Labute approximate surface area is 102 Å². The minimum atomic E-state index is -0.291. The van der Waals surface area contributed by atoms with Crippen LogP contribution in [0.15, 0.2) is 18.2 Å². The molecule has 3 rings (SSSR count). The van der Waals surface area contributed by atoms with Gasteiger partial charge in [0.25, 0.3) is 0 Å². The van der Waals surface area contributed by atoms with E-state index in [1.54, 1.807) is 0 Å². The zero-order valence-corrected chi connectivity index (χ0v) is 10.4. The van der Waals surface area contributed by atoms with E-state index in [2.05, 4.69) is 30.3 Å². The van der Waals surface area contributed by atoms with E-state index >= 15 is 0 Å². The zero-order valence-electron chi connectivity index (χ0n) is 10.4. The van der Waals surface area contributed by atoms with Gasteiger partial charge in [0.2, 0.25) is 5.91 Å². The van der Waals surface area contributed by atoms with Crippen LogP contribution in [0.2, 0.25) is 0 Å². The second-order valence-electron chi connectivity index (χ2n) is 5.27. The molecule has 3 nitrogen and oxygen atoms in total. The lowest BCUT2D eigenvalue weighted by atomic mass is 9.90. The van der Waals surface area contributed by atoms with Gasteiger partial charge in [-0.25, -0.2) is 0 Å². The summed E-state index contributed by atoms with van der Waals surface area (Å²) in [7, 11) is 2.06. The number of carbonyl (C=O) groups excluding carboxylic acids is 1. The number of benzene rings is 1. The van der Waals surface area contributed by atoms with Crippen LogP contribution in [0, 0.1) is 6.92 Å². The molecule has 3 heteroatoms. The SMILES string of the molecule is Cc1ccc2c(c1)N(C)C1(CCCC1)C(=O)N2. The minimum Gasteiger partial charge on any atom is -0.358 e. The standard InChI is InChI=1S/C14H18N2O/c1-10-5-6-11-12(9-10)16(2)14(13(17)15-11)7-3-4-8-14/h5-6,9H,3-4,7-8H2,1-2H3,(H,15,17). The average molecular weight is 230 g/mol. The third-order valence-corrected chi connectivity index (χ3v) is 4.26. The fourth-order valence-electron chi connectivity index (χ4n) is 3.17. The quantitative estimate of drug-likeness (QED) is 0.743. The molecular formula is C14H18N2O. The summed E-state index contributed by atoms with van der Waals surface area (Å²) >= 11 is 0. The third-order valence-electron chi connectivity index (χ3n) is 4.26. The monoisotopic (exact) mass is 230 g/mol. The molecule has 90 valence electrons. The number of nitrogens with zero attached hydrogens (tertiary/aromatic N) is 1. The summed E-state index contributed by atoms with van der Waals surface area (Å²) in [4.78, 5) is 14.5. The van der Waals surface area contributed by atoms with Crippen LogP contribution >= 0.6 is 0 Å². The van der Waals surface area contributed by atoms with Gasteiger partial charge in [-0.3, -0.25) is 4.79 Å². The van der Waals surface area contributed by atoms with Crippen LogP contribution in [-0.4, -0.2) is 18.5 Å². The van der Waals surface area contributed by atoms with Gasteiger partial charge in [0.15, 0.2) is 0 Å². The van der Waals surface area contributed by atoms with Crippen molar-refractivity contribution < 1.29 is 4.79 Å². The van der Waals surface area contributed by atoms with E-state index in [0.717, 1.165) is 37.1 Å². The highest BCUT2D eigenvalue weighted by Crippen LogP contribution is 2.44. The lowest BCUT2D eigenvalue weighted by Gasteiger charge is -2.43. The van der Waals surface area contributed by atoms with Crippen LogP contribution in [0.1, 0.15) is 31.2 Å². The van der Waals surface area contributed by atoms with Gasteiger partial charge in [-0.15, -0.1) is 0 Å². The number of carbonyl (C=O) groups is 1. The first-order valence-corrected chi connectivity index (χ1v) is 6.29. The van der Waals surface area contributed by atoms with Crippen molar-refractivity contribution in [3.63, 3.8) is 0 Å². The highest BCUT2D eigenvalue weighted by atomic mass is 16.2. The number of likely N-dealkylation sites (N-methyl/N-ethyl adjacent to an activating group) is 1. The summed E-state index contributed by atoms with van der Waals surface area (Å²) in [5.41, 5.74) is 3.05. The van der Waals surface area contributed by atoms with Crippen LogP contribution < -0.4 is 10.2 Å². The molecule has 0 saturated heterocycles. The summed E-state index contributed by atoms with van der Waals surface area (Å²) in [6, 6.07) is 6.20. The van der Waals surface area contributed by atoms with E-state index in [9.17, 15) is 4.79 Å². The van der Waals surface area contributed by atoms with Gasteiger partial charge < -0.3 is 10.2 Å². The first-order chi connectivity index (χ1) is 8.13. The highest BCUT2D eigenvalue weighted by molar-refractivity contribution is 6.06. The number of aryl methyl sites for hydroxylation is 1. The lowest BCUT2D eigenvalue weighted by molar-refractivity contribution is -0.121. The number of rotatable bonds is 0. The molecule has 1 amide bonds. The highest BCUT2D eigenvalue weighted by Gasteiger charge is 2.47. The maximum Gasteiger partial charge on any atom is 0.250 e. The van der Waals surface area contributed by atoms with Gasteiger partial charge in [-0.05, 0) is 37.5 Å². The Bertz CT molecular complexity index is 475. The number of fused-ring (bicyclic) bond motifs is 1. The molecule has 1 aromatic rings. The summed E-state index contributed by atoms with van der Waals surface area (Å²) in [6.07, 6.45) is 4.25. The van der Waals surface area contributed by atoms with Crippen molar-refractivity contribution in [2.75, 3.05) is 17.3 Å². The Hall–Kier alpha value is -1.51. The van der Waals surface area contributed by atoms with Crippen LogP contribution in [0.5, 0.6) is 0 Å². The van der Waals surface area contributed by atoms with E-state index < -0.39 is 0 Å². The molecule has 1 aliphatic heterocycles. The molecule has 17 heavy (non-hydrogen) atoms. The molecule has 0 atom stereocenters. The predicted molar refractivity (Wildman–Crippen MR) is 69.4 cm³/mol. The molecule has 1 saturated carbocycles. The Kier molecular flexibility index (Phi) is 2.18. The van der Waals surface area contributed by atoms with Gasteiger partial charge in [-0.1, -0.05) is 18.9 Å². The van der Waals surface area contributed by atoms with Crippen LogP contribution in [0.3, 0.4) is 0 Å². The van der Waals surface area contributed by atoms with Crippen molar-refractivity contribution >= 4 is 17.3 Å². The molecular weight excluding hydrogens is 212 g/mol. The Morgan fingerprint density at radius 3 is 2.71 bits per heavy atom. The van der Waals surface area contributed by atoms with Gasteiger partial charge in [0.1, 0.15) is 5.54 Å². The third kappa shape index (κ3) is 1.38. The van der Waals surface area contributed by atoms with Crippen LogP contribution in [-0.2, 0) is 4.79 Å². The van der Waals surface area contributed by atoms with Crippen LogP contribution in [0.4, 0.5) is 11.4 Å². The Balaban J connectivity index is 2.11. The van der Waals surface area contributed by atoms with E-state index in [4.69, 9.17) is 0 Å². The maximum atomic E-state index is 12.3. The Morgan fingerprint density at radius 2 is 2.00 bits per heavy atom. The second-order valence-corrected chi connectivity index (χ2v) is 5.27. The molecule has 1 aliphatic carbocycles. The van der Waals surface area contributed by atoms with E-state index in [1.165, 1.54) is 5.56 Å². The summed E-state index contributed by atoms with van der Waals surface area (Å²) in [5.74, 6) is 0.175. The van der Waals surface area contributed by atoms with Crippen molar-refractivity contribution in [1.82, 2.24) is 0 Å². The van der Waals surface area contributed by atoms with Crippen molar-refractivity contribution in [3.8, 4) is 0 Å². The minimum absolute atomic E-state index is 0.175. The molecule has 2 aliphatic rings. The van der Waals surface area contributed by atoms with Gasteiger partial charge in [-0.2, -0.15) is 0 Å². The van der Waals surface area contributed by atoms with Gasteiger partial charge in [0.05, 0.1) is 11.4 Å². The lowest BCUT2D eigenvalue weighted by Crippen LogP contribution is -2.56. The second kappa shape index (κ2) is 3.49. The van der Waals surface area contributed by atoms with Crippen molar-refractivity contribution in [2.24, 2.45) is 0 Å². The summed E-state index contributed by atoms with van der Waals surface area (Å²) < 4.78 is 0. The van der Waals surface area contributed by atoms with Crippen molar-refractivity contribution in [1.29, 1.82) is 0 Å². The molecule has 1 fully saturated rings. The molecule has 1 N–H and O–H groups in total. The zero-order chi connectivity index (χ0) is 12.0. The fraction of sp³-hybridized carbons (Fsp3) is 0.500. The molecule has 0 bridgehead atoms. The van der Waals surface area contributed by atoms with E-state index in [1.807, 2.05) is 12.1 Å². The van der Waals surface area contributed by atoms with Gasteiger partial charge >= 0.3 is 0 Å². The smallest absolute Gasteiger partial charge is 0.250 e. The summed E-state index contributed by atoms with van der Waals surface area (Å²) in [6.45, 7) is 2.09. The van der Waals surface area contributed by atoms with Crippen molar-refractivity contribution in [3.05, 3.63) is 23.8 Å². The van der Waals surface area contributed by atoms with E-state index in [0.29, 0.717) is 0 Å². The number of hydrogen-bond acceptors (Lipinski definition) is 2. The van der Waals surface area contributed by atoms with Crippen molar-refractivity contribution in [2.45, 2.75) is 38.1 Å².